The molecule has 2 aliphatic heterocycles. The number of aliphatic carboxylic acids is 1. The third-order valence-corrected chi connectivity index (χ3v) is 4.55. The van der Waals surface area contributed by atoms with E-state index >= 15 is 0 Å². The quantitative estimate of drug-likeness (QED) is 0.846. The molecule has 0 aliphatic carbocycles. The van der Waals surface area contributed by atoms with Crippen molar-refractivity contribution in [3.05, 3.63) is 10.0 Å². The van der Waals surface area contributed by atoms with E-state index in [9.17, 15) is 9.90 Å². The fraction of sp³-hybridized carbons (Fsp3) is 0.429. The lowest BCUT2D eigenvalue weighted by Gasteiger charge is -2.21. The first-order chi connectivity index (χ1) is 11.0. The Morgan fingerprint density at radius 1 is 1.26 bits per heavy atom. The van der Waals surface area contributed by atoms with Crippen molar-refractivity contribution in [2.24, 2.45) is 11.1 Å². The van der Waals surface area contributed by atoms with E-state index in [0.29, 0.717) is 33.0 Å². The first-order valence-corrected chi connectivity index (χ1v) is 7.50. The topological polar surface area (TPSA) is 95.8 Å². The summed E-state index contributed by atoms with van der Waals surface area (Å²) < 4.78 is 22.3. The number of benzene rings is 1. The second kappa shape index (κ2) is 5.80. The molecule has 0 fully saturated rings. The number of hydrogen-bond acceptors (Lipinski definition) is 7. The number of rotatable bonds is 4. The van der Waals surface area contributed by atoms with Crippen LogP contribution in [0, 0.1) is 5.92 Å². The smallest absolute Gasteiger partial charge is 0.354 e. The molecule has 9 heteroatoms. The molecule has 1 N–H and O–H groups in total. The molecule has 0 amide bonds. The Hall–Kier alpha value is -2.16. The van der Waals surface area contributed by atoms with Gasteiger partial charge in [-0.1, -0.05) is 12.1 Å². The normalized spacial score (nSPS) is 21.7. The number of carbonyl (C=O) groups is 1. The van der Waals surface area contributed by atoms with Gasteiger partial charge in [0.1, 0.15) is 0 Å². The van der Waals surface area contributed by atoms with Gasteiger partial charge in [-0.3, -0.25) is 0 Å². The molecule has 0 aromatic heterocycles. The molecule has 124 valence electrons. The predicted octanol–water partition coefficient (Wildman–Crippen LogP) is 2.34. The van der Waals surface area contributed by atoms with Crippen LogP contribution in [-0.2, 0) is 9.63 Å². The minimum atomic E-state index is -1.12. The van der Waals surface area contributed by atoms with Crippen molar-refractivity contribution in [3.8, 4) is 23.0 Å². The van der Waals surface area contributed by atoms with Gasteiger partial charge < -0.3 is 28.9 Å². The summed E-state index contributed by atoms with van der Waals surface area (Å²) in [5.41, 5.74) is 0.502. The highest BCUT2D eigenvalue weighted by Crippen LogP contribution is 2.57. The van der Waals surface area contributed by atoms with E-state index in [1.165, 1.54) is 14.2 Å². The summed E-state index contributed by atoms with van der Waals surface area (Å²) in [6, 6.07) is 0. The highest BCUT2D eigenvalue weighted by atomic mass is 79.9. The lowest BCUT2D eigenvalue weighted by molar-refractivity contribution is -0.129. The van der Waals surface area contributed by atoms with E-state index in [-0.39, 0.29) is 12.5 Å². The van der Waals surface area contributed by atoms with Gasteiger partial charge >= 0.3 is 5.97 Å². The van der Waals surface area contributed by atoms with Gasteiger partial charge in [-0.2, -0.15) is 0 Å². The average molecular weight is 388 g/mol. The largest absolute Gasteiger partial charge is 0.492 e. The molecule has 1 aromatic rings. The summed E-state index contributed by atoms with van der Waals surface area (Å²) in [4.78, 5) is 16.6. The fourth-order valence-corrected chi connectivity index (χ4v) is 3.37. The molecular weight excluding hydrogens is 374 g/mol. The monoisotopic (exact) mass is 387 g/mol. The number of nitrogens with zero attached hydrogens (tertiary/aromatic N) is 1. The molecule has 0 radical (unpaired) electrons. The molecule has 0 saturated heterocycles. The number of hydrogen-bond donors (Lipinski definition) is 1. The SMILES string of the molecule is COc1c2c(c(Br)c(C3ON=C(C(=O)O)C3C)c1OC)OCO2. The fourth-order valence-electron chi connectivity index (χ4n) is 2.67. The van der Waals surface area contributed by atoms with Crippen molar-refractivity contribution < 1.29 is 33.7 Å². The summed E-state index contributed by atoms with van der Waals surface area (Å²) >= 11 is 3.46. The highest BCUT2D eigenvalue weighted by molar-refractivity contribution is 9.10. The van der Waals surface area contributed by atoms with Crippen LogP contribution < -0.4 is 18.9 Å². The van der Waals surface area contributed by atoms with Crippen LogP contribution in [0.2, 0.25) is 0 Å². The number of halogens is 1. The number of fused-ring (bicyclic) bond motifs is 1. The van der Waals surface area contributed by atoms with Gasteiger partial charge in [0.2, 0.25) is 18.3 Å². The average Bonchev–Trinajstić information content (AvgIpc) is 3.14. The Bertz CT molecular complexity index is 703. The maximum atomic E-state index is 11.2. The zero-order valence-corrected chi connectivity index (χ0v) is 14.2. The third-order valence-electron chi connectivity index (χ3n) is 3.77. The van der Waals surface area contributed by atoms with Crippen molar-refractivity contribution in [2.75, 3.05) is 21.0 Å². The van der Waals surface area contributed by atoms with Crippen LogP contribution in [-0.4, -0.2) is 37.8 Å². The van der Waals surface area contributed by atoms with Gasteiger partial charge in [-0.15, -0.1) is 0 Å². The van der Waals surface area contributed by atoms with Crippen LogP contribution in [0.1, 0.15) is 18.6 Å². The van der Waals surface area contributed by atoms with E-state index < -0.39 is 18.0 Å². The lowest BCUT2D eigenvalue weighted by Crippen LogP contribution is -2.22. The molecule has 0 saturated carbocycles. The van der Waals surface area contributed by atoms with Crippen LogP contribution in [0.3, 0.4) is 0 Å². The van der Waals surface area contributed by atoms with E-state index in [1.807, 2.05) is 0 Å². The van der Waals surface area contributed by atoms with Crippen molar-refractivity contribution >= 4 is 27.6 Å². The Kier molecular flexibility index (Phi) is 3.97. The predicted molar refractivity (Wildman–Crippen MR) is 81.4 cm³/mol. The molecule has 2 atom stereocenters. The molecule has 0 bridgehead atoms. The number of carboxylic acid groups (broad SMARTS) is 1. The number of carboxylic acids is 1. The first-order valence-electron chi connectivity index (χ1n) is 6.71. The van der Waals surface area contributed by atoms with E-state index in [2.05, 4.69) is 21.1 Å². The summed E-state index contributed by atoms with van der Waals surface area (Å²) in [6.07, 6.45) is -0.658. The molecule has 0 spiro atoms. The van der Waals surface area contributed by atoms with Crippen LogP contribution in [0.5, 0.6) is 23.0 Å². The number of ether oxygens (including phenoxy) is 4. The minimum absolute atomic E-state index is 0.0505. The van der Waals surface area contributed by atoms with Gasteiger partial charge in [0.25, 0.3) is 0 Å². The molecule has 23 heavy (non-hydrogen) atoms. The second-order valence-electron chi connectivity index (χ2n) is 4.96. The standard InChI is InChI=1S/C14H14BrNO7/c1-5-8(14(17)18)16-23-9(5)6-7(15)11-13(22-4-21-11)12(20-3)10(6)19-2/h5,9H,4H2,1-3H3,(H,17,18). The van der Waals surface area contributed by atoms with Gasteiger partial charge in [0.05, 0.1) is 30.2 Å². The van der Waals surface area contributed by atoms with Crippen molar-refractivity contribution in [2.45, 2.75) is 13.0 Å². The molecule has 3 rings (SSSR count). The van der Waals surface area contributed by atoms with Crippen LogP contribution in [0.25, 0.3) is 0 Å². The van der Waals surface area contributed by atoms with Crippen LogP contribution in [0.15, 0.2) is 9.63 Å². The van der Waals surface area contributed by atoms with Crippen LogP contribution in [0.4, 0.5) is 0 Å². The van der Waals surface area contributed by atoms with Crippen molar-refractivity contribution in [3.63, 3.8) is 0 Å². The Morgan fingerprint density at radius 3 is 2.48 bits per heavy atom. The molecule has 1 aromatic carbocycles. The molecule has 2 heterocycles. The van der Waals surface area contributed by atoms with E-state index in [1.54, 1.807) is 6.92 Å². The number of methoxy groups -OCH3 is 2. The van der Waals surface area contributed by atoms with Gasteiger partial charge in [-0.05, 0) is 15.9 Å². The summed E-state index contributed by atoms with van der Waals surface area (Å²) in [5, 5.41) is 12.8. The first kappa shape index (κ1) is 15.7. The number of oxime groups is 1. The van der Waals surface area contributed by atoms with Gasteiger partial charge in [-0.25, -0.2) is 4.79 Å². The van der Waals surface area contributed by atoms with Gasteiger partial charge in [0.15, 0.2) is 23.3 Å². The molecule has 8 nitrogen and oxygen atoms in total. The maximum absolute atomic E-state index is 11.2. The van der Waals surface area contributed by atoms with E-state index in [0.717, 1.165) is 0 Å². The lowest BCUT2D eigenvalue weighted by atomic mass is 9.92. The molecular formula is C14H14BrNO7. The third kappa shape index (κ3) is 2.26. The summed E-state index contributed by atoms with van der Waals surface area (Å²) in [6.45, 7) is 1.77. The summed E-state index contributed by atoms with van der Waals surface area (Å²) in [5.74, 6) is 0.00731. The molecule has 2 unspecified atom stereocenters. The Morgan fingerprint density at radius 2 is 1.91 bits per heavy atom. The van der Waals surface area contributed by atoms with Crippen LogP contribution >= 0.6 is 15.9 Å². The van der Waals surface area contributed by atoms with Gasteiger partial charge in [0, 0.05) is 0 Å². The Balaban J connectivity index is 2.15. The second-order valence-corrected chi connectivity index (χ2v) is 5.75. The minimum Gasteiger partial charge on any atom is -0.492 e. The zero-order chi connectivity index (χ0) is 16.7. The summed E-state index contributed by atoms with van der Waals surface area (Å²) in [7, 11) is 2.96. The van der Waals surface area contributed by atoms with Crippen molar-refractivity contribution in [1.29, 1.82) is 0 Å². The van der Waals surface area contributed by atoms with E-state index in [4.69, 9.17) is 23.8 Å². The maximum Gasteiger partial charge on any atom is 0.354 e. The highest BCUT2D eigenvalue weighted by Gasteiger charge is 2.42. The zero-order valence-electron chi connectivity index (χ0n) is 12.6. The Labute approximate surface area is 140 Å². The molecule has 2 aliphatic rings. The van der Waals surface area contributed by atoms with Crippen molar-refractivity contribution in [1.82, 2.24) is 0 Å².